The zero-order valence-corrected chi connectivity index (χ0v) is 8.84. The van der Waals surface area contributed by atoms with Crippen molar-refractivity contribution in [1.82, 2.24) is 0 Å². The average molecular weight is 215 g/mol. The van der Waals surface area contributed by atoms with E-state index in [1.807, 2.05) is 0 Å². The predicted octanol–water partition coefficient (Wildman–Crippen LogP) is 0.990. The van der Waals surface area contributed by atoms with Crippen LogP contribution in [0.25, 0.3) is 10.4 Å². The molecule has 0 aromatic heterocycles. The highest BCUT2D eigenvalue weighted by atomic mass is 16.7. The highest BCUT2D eigenvalue weighted by molar-refractivity contribution is 5.76. The quantitative estimate of drug-likeness (QED) is 0.303. The molecule has 0 N–H and O–H groups in total. The first-order chi connectivity index (χ1) is 7.00. The van der Waals surface area contributed by atoms with Crippen LogP contribution in [-0.4, -0.2) is 37.6 Å². The summed E-state index contributed by atoms with van der Waals surface area (Å²) in [7, 11) is 1.23. The second kappa shape index (κ2) is 4.48. The number of carbonyl (C=O) groups excluding carboxylic acids is 1. The van der Waals surface area contributed by atoms with Gasteiger partial charge in [-0.15, -0.1) is 0 Å². The molecule has 84 valence electrons. The van der Waals surface area contributed by atoms with Gasteiger partial charge in [-0.2, -0.15) is 0 Å². The summed E-state index contributed by atoms with van der Waals surface area (Å²) in [5, 5.41) is 3.34. The first-order valence-electron chi connectivity index (χ1n) is 4.44. The van der Waals surface area contributed by atoms with E-state index in [0.29, 0.717) is 0 Å². The Morgan fingerprint density at radius 1 is 1.73 bits per heavy atom. The van der Waals surface area contributed by atoms with Gasteiger partial charge < -0.3 is 14.2 Å². The molecule has 0 bridgehead atoms. The molecule has 1 aliphatic rings. The van der Waals surface area contributed by atoms with E-state index in [9.17, 15) is 4.79 Å². The Balaban J connectivity index is 2.74. The van der Waals surface area contributed by atoms with Gasteiger partial charge >= 0.3 is 5.97 Å². The molecule has 1 heterocycles. The molecule has 0 saturated carbocycles. The van der Waals surface area contributed by atoms with Gasteiger partial charge in [-0.05, 0) is 19.4 Å². The summed E-state index contributed by atoms with van der Waals surface area (Å²) in [5.41, 5.74) is 8.33. The van der Waals surface area contributed by atoms with Crippen LogP contribution in [0.1, 0.15) is 13.8 Å². The van der Waals surface area contributed by atoms with Crippen molar-refractivity contribution in [2.75, 3.05) is 13.7 Å². The number of hydrogen-bond acceptors (Lipinski definition) is 5. The maximum Gasteiger partial charge on any atom is 0.317 e. The Morgan fingerprint density at radius 3 is 2.80 bits per heavy atom. The minimum atomic E-state index is -0.998. The van der Waals surface area contributed by atoms with Gasteiger partial charge in [0.05, 0.1) is 13.7 Å². The minimum absolute atomic E-state index is 0.200. The molecule has 1 saturated heterocycles. The van der Waals surface area contributed by atoms with E-state index in [1.165, 1.54) is 7.11 Å². The first-order valence-corrected chi connectivity index (χ1v) is 4.44. The Hall–Kier alpha value is -1.30. The van der Waals surface area contributed by atoms with Crippen LogP contribution in [-0.2, 0) is 19.0 Å². The SMILES string of the molecule is COC(=O)[C@H](N=[N+]=[N-])[C@@H]1COC(C)(C)O1. The summed E-state index contributed by atoms with van der Waals surface area (Å²) in [5.74, 6) is -1.39. The molecule has 7 heteroatoms. The fourth-order valence-electron chi connectivity index (χ4n) is 1.32. The number of methoxy groups -OCH3 is 1. The minimum Gasteiger partial charge on any atom is -0.469 e. The fraction of sp³-hybridized carbons (Fsp3) is 0.875. The average Bonchev–Trinajstić information content (AvgIpc) is 2.54. The summed E-state index contributed by atoms with van der Waals surface area (Å²) in [6, 6.07) is -0.998. The maximum absolute atomic E-state index is 11.3. The molecule has 15 heavy (non-hydrogen) atoms. The van der Waals surface area contributed by atoms with Crippen molar-refractivity contribution in [3.05, 3.63) is 10.4 Å². The van der Waals surface area contributed by atoms with Gasteiger partial charge in [0.25, 0.3) is 0 Å². The summed E-state index contributed by atoms with van der Waals surface area (Å²) in [4.78, 5) is 13.9. The molecule has 0 aromatic rings. The topological polar surface area (TPSA) is 93.5 Å². The molecule has 1 aliphatic heterocycles. The normalized spacial score (nSPS) is 25.4. The first kappa shape index (κ1) is 11.8. The molecule has 1 fully saturated rings. The van der Waals surface area contributed by atoms with Crippen molar-refractivity contribution < 1.29 is 19.0 Å². The van der Waals surface area contributed by atoms with Crippen LogP contribution >= 0.6 is 0 Å². The van der Waals surface area contributed by atoms with Crippen molar-refractivity contribution in [3.8, 4) is 0 Å². The Morgan fingerprint density at radius 2 is 2.40 bits per heavy atom. The van der Waals surface area contributed by atoms with Crippen LogP contribution in [0.3, 0.4) is 0 Å². The number of carbonyl (C=O) groups is 1. The number of nitrogens with zero attached hydrogens (tertiary/aromatic N) is 3. The Labute approximate surface area is 86.9 Å². The lowest BCUT2D eigenvalue weighted by Gasteiger charge is -2.19. The van der Waals surface area contributed by atoms with Crippen molar-refractivity contribution in [3.63, 3.8) is 0 Å². The molecule has 0 spiro atoms. The third-order valence-electron chi connectivity index (χ3n) is 2.00. The third kappa shape index (κ3) is 2.82. The number of ether oxygens (including phenoxy) is 3. The van der Waals surface area contributed by atoms with E-state index in [-0.39, 0.29) is 6.61 Å². The van der Waals surface area contributed by atoms with Crippen LogP contribution in [0.5, 0.6) is 0 Å². The van der Waals surface area contributed by atoms with E-state index in [1.54, 1.807) is 13.8 Å². The van der Waals surface area contributed by atoms with Gasteiger partial charge in [-0.1, -0.05) is 5.11 Å². The van der Waals surface area contributed by atoms with Gasteiger partial charge in [0.1, 0.15) is 6.10 Å². The number of hydrogen-bond donors (Lipinski definition) is 0. The van der Waals surface area contributed by atoms with Crippen LogP contribution in [0.4, 0.5) is 0 Å². The number of azide groups is 1. The molecule has 0 radical (unpaired) electrons. The molecule has 1 rings (SSSR count). The largest absolute Gasteiger partial charge is 0.469 e. The maximum atomic E-state index is 11.3. The lowest BCUT2D eigenvalue weighted by atomic mass is 10.2. The summed E-state index contributed by atoms with van der Waals surface area (Å²) >= 11 is 0. The van der Waals surface area contributed by atoms with Crippen molar-refractivity contribution in [2.24, 2.45) is 5.11 Å². The molecule has 2 atom stereocenters. The van der Waals surface area contributed by atoms with E-state index in [0.717, 1.165) is 0 Å². The molecule has 0 aromatic carbocycles. The Bertz CT molecular complexity index is 298. The molecule has 0 aliphatic carbocycles. The van der Waals surface area contributed by atoms with Gasteiger partial charge in [0, 0.05) is 4.91 Å². The fourth-order valence-corrected chi connectivity index (χ4v) is 1.32. The summed E-state index contributed by atoms with van der Waals surface area (Å²) in [6.45, 7) is 3.64. The number of esters is 1. The highest BCUT2D eigenvalue weighted by Crippen LogP contribution is 2.25. The third-order valence-corrected chi connectivity index (χ3v) is 2.00. The molecular weight excluding hydrogens is 202 g/mol. The predicted molar refractivity (Wildman–Crippen MR) is 49.9 cm³/mol. The van der Waals surface area contributed by atoms with E-state index < -0.39 is 23.9 Å². The smallest absolute Gasteiger partial charge is 0.317 e. The zero-order chi connectivity index (χ0) is 11.5. The molecule has 7 nitrogen and oxygen atoms in total. The van der Waals surface area contributed by atoms with Crippen LogP contribution < -0.4 is 0 Å². The van der Waals surface area contributed by atoms with Crippen molar-refractivity contribution in [1.29, 1.82) is 0 Å². The van der Waals surface area contributed by atoms with E-state index in [4.69, 9.17) is 15.0 Å². The summed E-state index contributed by atoms with van der Waals surface area (Å²) in [6.07, 6.45) is -0.594. The lowest BCUT2D eigenvalue weighted by Crippen LogP contribution is -2.36. The Kier molecular flexibility index (Phi) is 3.52. The van der Waals surface area contributed by atoms with Crippen LogP contribution in [0, 0.1) is 0 Å². The number of rotatable bonds is 3. The van der Waals surface area contributed by atoms with Crippen molar-refractivity contribution >= 4 is 5.97 Å². The second-order valence-corrected chi connectivity index (χ2v) is 3.54. The van der Waals surface area contributed by atoms with Crippen molar-refractivity contribution in [2.45, 2.75) is 31.8 Å². The zero-order valence-electron chi connectivity index (χ0n) is 8.84. The van der Waals surface area contributed by atoms with Crippen LogP contribution in [0.2, 0.25) is 0 Å². The highest BCUT2D eigenvalue weighted by Gasteiger charge is 2.40. The van der Waals surface area contributed by atoms with E-state index in [2.05, 4.69) is 14.8 Å². The van der Waals surface area contributed by atoms with Gasteiger partial charge in [0.2, 0.25) is 0 Å². The summed E-state index contributed by atoms with van der Waals surface area (Å²) < 4.78 is 15.2. The molecular formula is C8H13N3O4. The van der Waals surface area contributed by atoms with Gasteiger partial charge in [0.15, 0.2) is 11.8 Å². The van der Waals surface area contributed by atoms with Gasteiger partial charge in [-0.3, -0.25) is 4.79 Å². The second-order valence-electron chi connectivity index (χ2n) is 3.54. The molecule has 0 unspecified atom stereocenters. The van der Waals surface area contributed by atoms with E-state index >= 15 is 0 Å². The lowest BCUT2D eigenvalue weighted by molar-refractivity contribution is -0.155. The molecule has 0 amide bonds. The van der Waals surface area contributed by atoms with Gasteiger partial charge in [-0.25, -0.2) is 0 Å². The monoisotopic (exact) mass is 215 g/mol. The standard InChI is InChI=1S/C8H13N3O4/c1-8(2)14-4-5(15-8)6(10-11-9)7(12)13-3/h5-6H,4H2,1-3H3/t5-,6+/m0/s1. The van der Waals surface area contributed by atoms with Crippen LogP contribution in [0.15, 0.2) is 5.11 Å².